The summed E-state index contributed by atoms with van der Waals surface area (Å²) in [6, 6.07) is 16.6. The number of nitrogens with one attached hydrogen (secondary N) is 1. The molecule has 3 aromatic carbocycles. The smallest absolute Gasteiger partial charge is 0.448 e. The molecule has 0 saturated carbocycles. The Morgan fingerprint density at radius 3 is 2.33 bits per heavy atom. The maximum atomic E-state index is 14.4. The van der Waals surface area contributed by atoms with Crippen LogP contribution in [0.3, 0.4) is 0 Å². The Labute approximate surface area is 295 Å². The second-order valence-electron chi connectivity index (χ2n) is 13.7. The van der Waals surface area contributed by atoms with Crippen LogP contribution in [-0.4, -0.2) is 94.9 Å². The third-order valence-corrected chi connectivity index (χ3v) is 10.2. The van der Waals surface area contributed by atoms with Crippen molar-refractivity contribution >= 4 is 39.6 Å². The molecule has 2 N–H and O–H groups in total. The molecule has 1 aromatic heterocycles. The van der Waals surface area contributed by atoms with E-state index in [1.54, 1.807) is 24.3 Å². The number of piperidine rings is 1. The van der Waals surface area contributed by atoms with Gasteiger partial charge < -0.3 is 15.3 Å². The topological polar surface area (TPSA) is 85.5 Å². The van der Waals surface area contributed by atoms with Crippen LogP contribution in [0.2, 0.25) is 0 Å². The van der Waals surface area contributed by atoms with Crippen molar-refractivity contribution < 1.29 is 50.0 Å². The first-order valence-corrected chi connectivity index (χ1v) is 17.1. The van der Waals surface area contributed by atoms with E-state index in [0.717, 1.165) is 34.9 Å². The Kier molecular flexibility index (Phi) is 10.6. The lowest BCUT2D eigenvalue weighted by atomic mass is 9.77. The molecular formula is C38H38F7N4O3+. The molecule has 1 saturated heterocycles. The second kappa shape index (κ2) is 14.8. The number of aliphatic carboxylic acids is 1. The molecule has 0 bridgehead atoms. The summed E-state index contributed by atoms with van der Waals surface area (Å²) in [6.07, 6.45) is -8.38. The Hall–Kier alpha value is -4.59. The average molecular weight is 732 g/mol. The summed E-state index contributed by atoms with van der Waals surface area (Å²) >= 11 is 0. The zero-order chi connectivity index (χ0) is 37.3. The van der Waals surface area contributed by atoms with Gasteiger partial charge in [-0.05, 0) is 53.1 Å². The number of likely N-dealkylation sites (tertiary alicyclic amines) is 1. The minimum Gasteiger partial charge on any atom is -0.480 e. The lowest BCUT2D eigenvalue weighted by Gasteiger charge is -2.35. The maximum absolute atomic E-state index is 14.4. The molecule has 2 aliphatic rings. The SMILES string of the molecule is O=C(O)[C@H](Cc1cccc2c(-c3ncc(CCN4CCC[C@H](F)C4)c4ccccc34)cccc12)NC(=O)C1(C(F)(F)F)CC=[N+](CC(F)(F)F)CC1. The summed E-state index contributed by atoms with van der Waals surface area (Å²) in [4.78, 5) is 32.7. The Morgan fingerprint density at radius 1 is 0.962 bits per heavy atom. The molecule has 1 amide bonds. The van der Waals surface area contributed by atoms with E-state index in [9.17, 15) is 45.4 Å². The van der Waals surface area contributed by atoms with Gasteiger partial charge in [0.1, 0.15) is 25.0 Å². The van der Waals surface area contributed by atoms with Crippen LogP contribution in [0.25, 0.3) is 32.8 Å². The van der Waals surface area contributed by atoms with E-state index in [2.05, 4.69) is 10.2 Å². The third kappa shape index (κ3) is 7.91. The number of rotatable bonds is 10. The summed E-state index contributed by atoms with van der Waals surface area (Å²) in [5.41, 5.74) is -0.203. The molecule has 7 nitrogen and oxygen atoms in total. The fraction of sp³-hybridized carbons (Fsp3) is 0.421. The Balaban J connectivity index is 1.27. The van der Waals surface area contributed by atoms with Gasteiger partial charge in [0.05, 0.1) is 5.69 Å². The van der Waals surface area contributed by atoms with E-state index in [-0.39, 0.29) is 6.42 Å². The number of halogens is 7. The van der Waals surface area contributed by atoms with Gasteiger partial charge in [-0.25, -0.2) is 13.8 Å². The van der Waals surface area contributed by atoms with Crippen LogP contribution in [-0.2, 0) is 22.4 Å². The monoisotopic (exact) mass is 731 g/mol. The number of nitrogens with zero attached hydrogens (tertiary/aromatic N) is 3. The number of benzene rings is 3. The molecule has 276 valence electrons. The first kappa shape index (κ1) is 37.2. The van der Waals surface area contributed by atoms with Gasteiger partial charge in [-0.15, -0.1) is 0 Å². The maximum Gasteiger partial charge on any atom is 0.448 e. The van der Waals surface area contributed by atoms with Gasteiger partial charge in [0.25, 0.3) is 0 Å². The molecule has 0 radical (unpaired) electrons. The van der Waals surface area contributed by atoms with Crippen molar-refractivity contribution in [1.29, 1.82) is 0 Å². The number of carboxylic acid groups (broad SMARTS) is 1. The quantitative estimate of drug-likeness (QED) is 0.134. The highest BCUT2D eigenvalue weighted by atomic mass is 19.4. The van der Waals surface area contributed by atoms with Crippen LogP contribution in [0.1, 0.15) is 36.8 Å². The predicted octanol–water partition coefficient (Wildman–Crippen LogP) is 7.13. The summed E-state index contributed by atoms with van der Waals surface area (Å²) in [6.45, 7) is -0.179. The summed E-state index contributed by atoms with van der Waals surface area (Å²) in [5.74, 6) is -3.16. The van der Waals surface area contributed by atoms with Crippen LogP contribution < -0.4 is 5.32 Å². The van der Waals surface area contributed by atoms with Gasteiger partial charge in [0.15, 0.2) is 5.41 Å². The van der Waals surface area contributed by atoms with Gasteiger partial charge >= 0.3 is 18.3 Å². The number of carbonyl (C=O) groups excluding carboxylic acids is 1. The average Bonchev–Trinajstić information content (AvgIpc) is 3.09. The molecule has 1 unspecified atom stereocenters. The molecule has 1 fully saturated rings. The number of alkyl halides is 7. The van der Waals surface area contributed by atoms with E-state index in [4.69, 9.17) is 4.98 Å². The first-order valence-electron chi connectivity index (χ1n) is 17.1. The van der Waals surface area contributed by atoms with E-state index in [0.29, 0.717) is 58.8 Å². The fourth-order valence-corrected chi connectivity index (χ4v) is 7.40. The van der Waals surface area contributed by atoms with Crippen molar-refractivity contribution in [2.45, 2.75) is 63.1 Å². The molecule has 14 heteroatoms. The number of fused-ring (bicyclic) bond motifs is 2. The molecule has 52 heavy (non-hydrogen) atoms. The van der Waals surface area contributed by atoms with Gasteiger partial charge in [0, 0.05) is 49.5 Å². The van der Waals surface area contributed by atoms with Gasteiger partial charge in [-0.2, -0.15) is 26.3 Å². The van der Waals surface area contributed by atoms with Crippen molar-refractivity contribution in [3.8, 4) is 11.3 Å². The number of carboxylic acids is 1. The number of carbonyl (C=O) groups is 2. The van der Waals surface area contributed by atoms with E-state index >= 15 is 0 Å². The van der Waals surface area contributed by atoms with Gasteiger partial charge in [-0.3, -0.25) is 9.78 Å². The zero-order valence-corrected chi connectivity index (χ0v) is 28.1. The largest absolute Gasteiger partial charge is 0.480 e. The van der Waals surface area contributed by atoms with Crippen molar-refractivity contribution in [1.82, 2.24) is 15.2 Å². The van der Waals surface area contributed by atoms with Crippen LogP contribution in [0.5, 0.6) is 0 Å². The molecule has 3 heterocycles. The highest BCUT2D eigenvalue weighted by Gasteiger charge is 2.62. The molecule has 4 aromatic rings. The predicted molar refractivity (Wildman–Crippen MR) is 182 cm³/mol. The Morgan fingerprint density at radius 2 is 1.65 bits per heavy atom. The second-order valence-corrected chi connectivity index (χ2v) is 13.7. The molecule has 2 aliphatic heterocycles. The van der Waals surface area contributed by atoms with E-state index in [1.165, 1.54) is 0 Å². The molecule has 6 rings (SSSR count). The minimum absolute atomic E-state index is 0.358. The fourth-order valence-electron chi connectivity index (χ4n) is 7.40. The standard InChI is InChI=1S/C38H37F7N4O3/c39-26-7-5-16-48(22-26)17-13-25-21-46-33(30-9-2-1-8-28(25)30)31-12-4-10-27-24(6-3-11-29(27)31)20-32(34(50)51)47-35(52)36(38(43,44)45)14-18-49(19-15-36)23-37(40,41)42/h1-4,6,8-12,18,21,26,32H,5,7,13-17,19-20,22-23H2,(H-,47,50,51,52)/p+1/t26-,32-,36?/m0/s1. The van der Waals surface area contributed by atoms with Crippen LogP contribution >= 0.6 is 0 Å². The highest BCUT2D eigenvalue weighted by molar-refractivity contribution is 6.05. The van der Waals surface area contributed by atoms with Gasteiger partial charge in [0.2, 0.25) is 12.5 Å². The molecule has 3 atom stereocenters. The number of amides is 1. The van der Waals surface area contributed by atoms with Crippen molar-refractivity contribution in [3.63, 3.8) is 0 Å². The first-order chi connectivity index (χ1) is 24.6. The Bertz CT molecular complexity index is 2000. The number of hydrogen-bond donors (Lipinski definition) is 2. The summed E-state index contributed by atoms with van der Waals surface area (Å²) in [7, 11) is 0. The molecule has 0 aliphatic carbocycles. The van der Waals surface area contributed by atoms with E-state index < -0.39 is 67.8 Å². The highest BCUT2D eigenvalue weighted by Crippen LogP contribution is 2.45. The van der Waals surface area contributed by atoms with Crippen molar-refractivity contribution in [2.75, 3.05) is 32.7 Å². The number of pyridine rings is 1. The van der Waals surface area contributed by atoms with Crippen molar-refractivity contribution in [2.24, 2.45) is 5.41 Å². The normalized spacial score (nSPS) is 20.8. The van der Waals surface area contributed by atoms with Gasteiger partial charge in [-0.1, -0.05) is 60.7 Å². The number of hydrogen-bond acceptors (Lipinski definition) is 4. The molecular weight excluding hydrogens is 693 g/mol. The lowest BCUT2D eigenvalue weighted by molar-refractivity contribution is -0.563. The minimum atomic E-state index is -5.15. The zero-order valence-electron chi connectivity index (χ0n) is 28.1. The summed E-state index contributed by atoms with van der Waals surface area (Å²) < 4.78 is 96.4. The van der Waals surface area contributed by atoms with Crippen LogP contribution in [0.15, 0.2) is 66.9 Å². The summed E-state index contributed by atoms with van der Waals surface area (Å²) in [5, 5.41) is 15.3. The van der Waals surface area contributed by atoms with Crippen molar-refractivity contribution in [3.05, 3.63) is 78.0 Å². The number of aromatic nitrogens is 1. The molecule has 0 spiro atoms. The third-order valence-electron chi connectivity index (χ3n) is 10.2. The van der Waals surface area contributed by atoms with Crippen LogP contribution in [0, 0.1) is 5.41 Å². The van der Waals surface area contributed by atoms with E-state index in [1.807, 2.05) is 42.6 Å². The van der Waals surface area contributed by atoms with Crippen LogP contribution in [0.4, 0.5) is 30.7 Å². The lowest BCUT2D eigenvalue weighted by Crippen LogP contribution is -2.57.